The molecule has 1 aliphatic rings. The molecule has 0 atom stereocenters. The van der Waals surface area contributed by atoms with Gasteiger partial charge in [-0.15, -0.1) is 0 Å². The highest BCUT2D eigenvalue weighted by Crippen LogP contribution is 2.42. The highest BCUT2D eigenvalue weighted by Gasteiger charge is 2.40. The molecular weight excluding hydrogens is 603 g/mol. The quantitative estimate of drug-likeness (QED) is 0.178. The Labute approximate surface area is 283 Å². The van der Waals surface area contributed by atoms with E-state index >= 15 is 0 Å². The van der Waals surface area contributed by atoms with Crippen molar-refractivity contribution in [3.05, 3.63) is 175 Å². The highest BCUT2D eigenvalue weighted by molar-refractivity contribution is 6.36. The largest absolute Gasteiger partial charge is 0.308 e. The number of para-hydroxylation sites is 2. The number of carbonyl (C=O) groups is 2. The summed E-state index contributed by atoms with van der Waals surface area (Å²) in [4.78, 5) is 34.8. The predicted octanol–water partition coefficient (Wildman–Crippen LogP) is 10.3. The third-order valence-corrected chi connectivity index (χ3v) is 9.53. The van der Waals surface area contributed by atoms with E-state index in [9.17, 15) is 9.59 Å². The molecule has 0 unspecified atom stereocenters. The zero-order chi connectivity index (χ0) is 33.1. The summed E-state index contributed by atoms with van der Waals surface area (Å²) in [6.07, 6.45) is 3.68. The Balaban J connectivity index is 1.27. The Morgan fingerprint density at radius 1 is 0.531 bits per heavy atom. The van der Waals surface area contributed by atoms with E-state index in [-0.39, 0.29) is 11.8 Å². The van der Waals surface area contributed by atoms with Gasteiger partial charge in [-0.2, -0.15) is 0 Å². The van der Waals surface area contributed by atoms with Gasteiger partial charge in [0, 0.05) is 28.7 Å². The van der Waals surface area contributed by atoms with Crippen LogP contribution in [0.1, 0.15) is 26.3 Å². The third kappa shape index (κ3) is 4.51. The first-order valence-corrected chi connectivity index (χ1v) is 16.3. The van der Waals surface area contributed by atoms with Crippen LogP contribution in [0.2, 0.25) is 0 Å². The van der Waals surface area contributed by atoms with Crippen molar-refractivity contribution in [3.63, 3.8) is 0 Å². The molecule has 0 spiro atoms. The number of hydrogen-bond donors (Lipinski definition) is 0. The smallest absolute Gasteiger partial charge is 0.268 e. The molecule has 0 fully saturated rings. The Morgan fingerprint density at radius 2 is 1.16 bits per heavy atom. The predicted molar refractivity (Wildman–Crippen MR) is 197 cm³/mol. The van der Waals surface area contributed by atoms with E-state index in [1.807, 2.05) is 116 Å². The lowest BCUT2D eigenvalue weighted by atomic mass is 9.97. The Bertz CT molecular complexity index is 2550. The minimum absolute atomic E-state index is 0.336. The second-order valence-corrected chi connectivity index (χ2v) is 12.4. The van der Waals surface area contributed by atoms with Gasteiger partial charge in [-0.25, -0.2) is 4.90 Å². The number of aryl methyl sites for hydroxylation is 1. The third-order valence-electron chi connectivity index (χ3n) is 9.53. The number of nitrogens with zero attached hydrogens (tertiary/aromatic N) is 3. The topological polar surface area (TPSA) is 55.2 Å². The molecule has 9 rings (SSSR count). The zero-order valence-electron chi connectivity index (χ0n) is 26.7. The first kappa shape index (κ1) is 28.6. The second kappa shape index (κ2) is 11.3. The summed E-state index contributed by atoms with van der Waals surface area (Å²) in [5.74, 6) is -0.680. The van der Waals surface area contributed by atoms with Gasteiger partial charge in [0.1, 0.15) is 0 Å². The summed E-state index contributed by atoms with van der Waals surface area (Å²) >= 11 is 0. The molecule has 3 heterocycles. The van der Waals surface area contributed by atoms with Gasteiger partial charge in [-0.1, -0.05) is 103 Å². The van der Waals surface area contributed by atoms with Crippen LogP contribution in [-0.4, -0.2) is 21.4 Å². The van der Waals surface area contributed by atoms with Crippen LogP contribution >= 0.6 is 0 Å². The summed E-state index contributed by atoms with van der Waals surface area (Å²) in [6, 6.07) is 48.2. The molecule has 0 N–H and O–H groups in total. The van der Waals surface area contributed by atoms with Crippen LogP contribution in [-0.2, 0) is 0 Å². The van der Waals surface area contributed by atoms with E-state index in [1.54, 1.807) is 6.07 Å². The average Bonchev–Trinajstić information content (AvgIpc) is 3.63. The van der Waals surface area contributed by atoms with Gasteiger partial charge >= 0.3 is 0 Å². The van der Waals surface area contributed by atoms with Crippen molar-refractivity contribution >= 4 is 39.3 Å². The van der Waals surface area contributed by atoms with Crippen molar-refractivity contribution in [2.45, 2.75) is 6.92 Å². The Kier molecular flexibility index (Phi) is 6.59. The van der Waals surface area contributed by atoms with Crippen LogP contribution in [0.15, 0.2) is 158 Å². The summed E-state index contributed by atoms with van der Waals surface area (Å²) < 4.78 is 2.16. The maximum absolute atomic E-state index is 14.8. The maximum atomic E-state index is 14.8. The number of benzene rings is 6. The van der Waals surface area contributed by atoms with E-state index in [2.05, 4.69) is 52.9 Å². The number of rotatable bonds is 5. The molecule has 49 heavy (non-hydrogen) atoms. The number of carbonyl (C=O) groups excluding carboxylic acids is 2. The van der Waals surface area contributed by atoms with Crippen LogP contribution in [0.25, 0.3) is 60.9 Å². The number of imide groups is 1. The summed E-state index contributed by atoms with van der Waals surface area (Å²) in [6.45, 7) is 2.06. The van der Waals surface area contributed by atoms with E-state index in [1.165, 1.54) is 4.90 Å². The van der Waals surface area contributed by atoms with Crippen LogP contribution in [0.4, 0.5) is 5.69 Å². The van der Waals surface area contributed by atoms with Gasteiger partial charge in [-0.3, -0.25) is 14.6 Å². The molecule has 232 valence electrons. The van der Waals surface area contributed by atoms with Crippen molar-refractivity contribution in [2.75, 3.05) is 4.90 Å². The van der Waals surface area contributed by atoms with Crippen LogP contribution < -0.4 is 4.90 Å². The van der Waals surface area contributed by atoms with Crippen molar-refractivity contribution in [2.24, 2.45) is 0 Å². The molecule has 0 bridgehead atoms. The minimum Gasteiger partial charge on any atom is -0.308 e. The Hall–Kier alpha value is -6.59. The molecule has 1 aliphatic heterocycles. The van der Waals surface area contributed by atoms with Crippen molar-refractivity contribution in [3.8, 4) is 39.1 Å². The van der Waals surface area contributed by atoms with Crippen LogP contribution in [0.5, 0.6) is 0 Å². The normalized spacial score (nSPS) is 12.6. The fourth-order valence-electron chi connectivity index (χ4n) is 7.29. The summed E-state index contributed by atoms with van der Waals surface area (Å²) in [7, 11) is 0. The standard InChI is InChI=1S/C44H29N3O2/c1-28-27-45-23-22-34(28)36-17-10-18-37-35-16-8-9-20-39(35)47(42(36)37)40-21-11-19-38-41(40)44(49)46(43(38)48)33-25-31(29-12-4-2-5-13-29)24-32(26-33)30-14-6-3-7-15-30/h2-27H,1H3. The van der Waals surface area contributed by atoms with Crippen molar-refractivity contribution in [1.82, 2.24) is 9.55 Å². The first-order valence-electron chi connectivity index (χ1n) is 16.3. The number of amides is 2. The van der Waals surface area contributed by atoms with E-state index in [0.29, 0.717) is 22.5 Å². The number of pyridine rings is 1. The number of aromatic nitrogens is 2. The maximum Gasteiger partial charge on any atom is 0.268 e. The molecule has 2 aromatic heterocycles. The zero-order valence-corrected chi connectivity index (χ0v) is 26.7. The molecule has 5 nitrogen and oxygen atoms in total. The number of anilines is 1. The number of fused-ring (bicyclic) bond motifs is 4. The van der Waals surface area contributed by atoms with Crippen LogP contribution in [0.3, 0.4) is 0 Å². The molecule has 0 saturated carbocycles. The first-order chi connectivity index (χ1) is 24.1. The van der Waals surface area contributed by atoms with Crippen LogP contribution in [0, 0.1) is 6.92 Å². The molecule has 6 aromatic carbocycles. The SMILES string of the molecule is Cc1cnccc1-c1cccc2c3ccccc3n(-c3cccc4c3C(=O)N(c3cc(-c5ccccc5)cc(-c5ccccc5)c3)C4=O)c12. The molecule has 5 heteroatoms. The average molecular weight is 632 g/mol. The van der Waals surface area contributed by atoms with E-state index in [4.69, 9.17) is 0 Å². The van der Waals surface area contributed by atoms with E-state index < -0.39 is 0 Å². The van der Waals surface area contributed by atoms with Gasteiger partial charge in [0.05, 0.1) is 33.5 Å². The molecular formula is C44H29N3O2. The fraction of sp³-hybridized carbons (Fsp3) is 0.0227. The lowest BCUT2D eigenvalue weighted by Crippen LogP contribution is -2.29. The summed E-state index contributed by atoms with van der Waals surface area (Å²) in [5, 5.41) is 2.14. The summed E-state index contributed by atoms with van der Waals surface area (Å²) in [5.41, 5.74) is 10.9. The minimum atomic E-state index is -0.344. The fourth-order valence-corrected chi connectivity index (χ4v) is 7.29. The van der Waals surface area contributed by atoms with Crippen molar-refractivity contribution in [1.29, 1.82) is 0 Å². The second-order valence-electron chi connectivity index (χ2n) is 12.4. The van der Waals surface area contributed by atoms with Crippen molar-refractivity contribution < 1.29 is 9.59 Å². The van der Waals surface area contributed by atoms with Gasteiger partial charge in [-0.05, 0) is 82.8 Å². The van der Waals surface area contributed by atoms with Gasteiger partial charge < -0.3 is 4.57 Å². The molecule has 8 aromatic rings. The highest BCUT2D eigenvalue weighted by atomic mass is 16.2. The Morgan fingerprint density at radius 3 is 1.88 bits per heavy atom. The lowest BCUT2D eigenvalue weighted by Gasteiger charge is -2.18. The molecule has 2 amide bonds. The van der Waals surface area contributed by atoms with Gasteiger partial charge in [0.15, 0.2) is 0 Å². The van der Waals surface area contributed by atoms with Gasteiger partial charge in [0.2, 0.25) is 0 Å². The van der Waals surface area contributed by atoms with E-state index in [0.717, 1.165) is 60.8 Å². The molecule has 0 saturated heterocycles. The number of hydrogen-bond acceptors (Lipinski definition) is 3. The lowest BCUT2D eigenvalue weighted by molar-refractivity contribution is 0.0926. The molecule has 0 radical (unpaired) electrons. The van der Waals surface area contributed by atoms with Gasteiger partial charge in [0.25, 0.3) is 11.8 Å². The molecule has 0 aliphatic carbocycles. The monoisotopic (exact) mass is 631 g/mol.